The van der Waals surface area contributed by atoms with Crippen LogP contribution in [0.5, 0.6) is 0 Å². The van der Waals surface area contributed by atoms with E-state index in [0.717, 1.165) is 26.2 Å². The molecule has 0 bridgehead atoms. The number of hydrogen-bond acceptors (Lipinski definition) is 7. The van der Waals surface area contributed by atoms with E-state index in [1.165, 1.54) is 11.4 Å². The van der Waals surface area contributed by atoms with Gasteiger partial charge in [0.1, 0.15) is 19.3 Å². The van der Waals surface area contributed by atoms with Crippen molar-refractivity contribution in [2.75, 3.05) is 55.8 Å². The lowest BCUT2D eigenvalue weighted by Gasteiger charge is -2.25. The number of amides is 1. The maximum atomic E-state index is 10.9. The molecule has 0 spiro atoms. The number of aliphatic imine (C=N–C) groups is 1. The zero-order valence-corrected chi connectivity index (χ0v) is 20.4. The number of hydrogen-bond donors (Lipinski definition) is 1. The second-order valence-electron chi connectivity index (χ2n) is 7.98. The van der Waals surface area contributed by atoms with Crippen molar-refractivity contribution in [2.24, 2.45) is 4.99 Å². The number of cyclic esters (lactones) is 1. The molecule has 1 saturated heterocycles. The maximum Gasteiger partial charge on any atom is 0.407 e. The first-order valence-electron chi connectivity index (χ1n) is 12.0. The Hall–Kier alpha value is -3.42. The molecule has 2 heterocycles. The molecule has 2 aromatic rings. The third-order valence-electron chi connectivity index (χ3n) is 5.57. The number of likely N-dealkylation sites (N-methyl/N-ethyl adjacent to an activating group) is 2. The Kier molecular flexibility index (Phi) is 9.88. The number of rotatable bonds is 9. The van der Waals surface area contributed by atoms with Gasteiger partial charge >= 0.3 is 12.2 Å². The fourth-order valence-corrected chi connectivity index (χ4v) is 3.84. The van der Waals surface area contributed by atoms with Gasteiger partial charge in [0, 0.05) is 37.6 Å². The van der Waals surface area contributed by atoms with E-state index < -0.39 is 0 Å². The maximum absolute atomic E-state index is 10.9. The average molecular weight is 469 g/mol. The number of carbonyl (C=O) groups excluding carboxylic acids is 1. The number of carbonyl (C=O) groups is 1. The summed E-state index contributed by atoms with van der Waals surface area (Å²) in [6.45, 7) is 11.4. The predicted octanol–water partition coefficient (Wildman–Crippen LogP) is 3.93. The number of anilines is 2. The molecule has 2 aliphatic rings. The Morgan fingerprint density at radius 3 is 1.97 bits per heavy atom. The average Bonchev–Trinajstić information content (AvgIpc) is 3.51. The summed E-state index contributed by atoms with van der Waals surface area (Å²) in [5.74, 6) is 0. The highest BCUT2D eigenvalue weighted by Gasteiger charge is 2.24. The molecule has 8 heteroatoms. The summed E-state index contributed by atoms with van der Waals surface area (Å²) in [4.78, 5) is 19.8. The third-order valence-corrected chi connectivity index (χ3v) is 5.57. The third kappa shape index (κ3) is 7.57. The largest absolute Gasteiger partial charge is 0.451 e. The molecule has 1 N–H and O–H groups in total. The van der Waals surface area contributed by atoms with E-state index in [2.05, 4.69) is 70.4 Å². The fraction of sp³-hybridized carbons (Fsp3) is 0.462. The van der Waals surface area contributed by atoms with Gasteiger partial charge in [-0.2, -0.15) is 0 Å². The summed E-state index contributed by atoms with van der Waals surface area (Å²) < 4.78 is 15.5. The first kappa shape index (κ1) is 25.2. The molecular formula is C26H36N4O4. The molecule has 0 radical (unpaired) electrons. The van der Waals surface area contributed by atoms with Crippen molar-refractivity contribution in [1.29, 1.82) is 0 Å². The molecule has 34 heavy (non-hydrogen) atoms. The van der Waals surface area contributed by atoms with Crippen LogP contribution in [0.15, 0.2) is 65.7 Å². The molecule has 8 nitrogen and oxygen atoms in total. The van der Waals surface area contributed by atoms with Crippen LogP contribution in [0.3, 0.4) is 0 Å². The highest BCUT2D eigenvalue weighted by Crippen LogP contribution is 2.16. The molecule has 2 aromatic carbocycles. The topological polar surface area (TPSA) is 75.6 Å². The van der Waals surface area contributed by atoms with Crippen LogP contribution in [-0.2, 0) is 14.2 Å². The smallest absolute Gasteiger partial charge is 0.407 e. The van der Waals surface area contributed by atoms with Crippen LogP contribution in [-0.4, -0.2) is 70.3 Å². The molecule has 1 amide bonds. The number of benzene rings is 2. The van der Waals surface area contributed by atoms with Gasteiger partial charge in [0.05, 0.1) is 12.6 Å². The van der Waals surface area contributed by atoms with Crippen molar-refractivity contribution >= 4 is 23.6 Å². The molecule has 0 unspecified atom stereocenters. The molecule has 4 rings (SSSR count). The van der Waals surface area contributed by atoms with Crippen LogP contribution in [0.25, 0.3) is 0 Å². The van der Waals surface area contributed by atoms with Crippen molar-refractivity contribution in [2.45, 2.75) is 32.9 Å². The molecule has 0 aliphatic carbocycles. The van der Waals surface area contributed by atoms with Gasteiger partial charge < -0.3 is 29.3 Å². The van der Waals surface area contributed by atoms with Crippen molar-refractivity contribution in [3.8, 4) is 0 Å². The van der Waals surface area contributed by atoms with E-state index in [-0.39, 0.29) is 18.2 Å². The molecule has 0 aromatic heterocycles. The van der Waals surface area contributed by atoms with Crippen molar-refractivity contribution in [1.82, 2.24) is 5.32 Å². The molecule has 2 atom stereocenters. The van der Waals surface area contributed by atoms with Crippen LogP contribution < -0.4 is 15.1 Å². The fourth-order valence-electron chi connectivity index (χ4n) is 3.84. The van der Waals surface area contributed by atoms with Gasteiger partial charge in [-0.15, -0.1) is 0 Å². The summed E-state index contributed by atoms with van der Waals surface area (Å²) in [6.07, 6.45) is 0.126. The highest BCUT2D eigenvalue weighted by atomic mass is 16.7. The lowest BCUT2D eigenvalue weighted by atomic mass is 10.2. The Morgan fingerprint density at radius 1 is 0.882 bits per heavy atom. The van der Waals surface area contributed by atoms with Crippen LogP contribution in [0.1, 0.15) is 20.8 Å². The second-order valence-corrected chi connectivity index (χ2v) is 7.98. The lowest BCUT2D eigenvalue weighted by Crippen LogP contribution is -2.39. The monoisotopic (exact) mass is 468 g/mol. The second kappa shape index (κ2) is 13.3. The molecule has 2 aliphatic heterocycles. The molecule has 0 saturated carbocycles. The lowest BCUT2D eigenvalue weighted by molar-refractivity contribution is 0.177. The van der Waals surface area contributed by atoms with Crippen LogP contribution >= 0.6 is 0 Å². The predicted molar refractivity (Wildman–Crippen MR) is 136 cm³/mol. The number of alkyl carbamates (subject to hydrolysis) is 1. The van der Waals surface area contributed by atoms with Gasteiger partial charge in [-0.05, 0) is 45.0 Å². The SMILES string of the molecule is CCN(C[C@H]1COC(=O)N1)c1ccccc1.CCOC1=N[C@@H](CN(CC)c2ccccc2)CO1. The number of nitrogens with zero attached hydrogens (tertiary/aromatic N) is 3. The van der Waals surface area contributed by atoms with Gasteiger partial charge in [-0.25, -0.2) is 9.79 Å². The Labute approximate surface area is 202 Å². The summed E-state index contributed by atoms with van der Waals surface area (Å²) >= 11 is 0. The van der Waals surface area contributed by atoms with Crippen molar-refractivity contribution in [3.63, 3.8) is 0 Å². The summed E-state index contributed by atoms with van der Waals surface area (Å²) in [7, 11) is 0. The van der Waals surface area contributed by atoms with E-state index in [9.17, 15) is 4.79 Å². The van der Waals surface area contributed by atoms with E-state index in [1.807, 2.05) is 31.2 Å². The zero-order valence-electron chi connectivity index (χ0n) is 20.4. The Balaban J connectivity index is 0.000000192. The summed E-state index contributed by atoms with van der Waals surface area (Å²) in [6, 6.07) is 20.8. The zero-order chi connectivity index (χ0) is 24.2. The first-order chi connectivity index (χ1) is 16.6. The minimum atomic E-state index is -0.311. The van der Waals surface area contributed by atoms with Gasteiger partial charge in [0.25, 0.3) is 0 Å². The summed E-state index contributed by atoms with van der Waals surface area (Å²) in [5, 5.41) is 2.79. The van der Waals surface area contributed by atoms with Gasteiger partial charge in [0.2, 0.25) is 0 Å². The van der Waals surface area contributed by atoms with Crippen molar-refractivity contribution in [3.05, 3.63) is 60.7 Å². The number of ether oxygens (including phenoxy) is 3. The molecule has 184 valence electrons. The van der Waals surface area contributed by atoms with Crippen LogP contribution in [0.4, 0.5) is 16.2 Å². The molecular weight excluding hydrogens is 432 g/mol. The quantitative estimate of drug-likeness (QED) is 0.601. The van der Waals surface area contributed by atoms with E-state index in [4.69, 9.17) is 14.2 Å². The van der Waals surface area contributed by atoms with Gasteiger partial charge in [-0.3, -0.25) is 0 Å². The van der Waals surface area contributed by atoms with E-state index in [0.29, 0.717) is 25.9 Å². The van der Waals surface area contributed by atoms with E-state index in [1.54, 1.807) is 0 Å². The standard InChI is InChI=1S/C14H20N2O2.C12H16N2O2/c1-3-16(13-8-6-5-7-9-13)10-12-11-18-14(15-12)17-4-2;1-2-14(11-6-4-3-5-7-11)8-10-9-16-12(15)13-10/h5-9,12H,3-4,10-11H2,1-2H3;3-7,10H,2,8-9H2,1H3,(H,13,15)/t12-;10-/m00/s1. The van der Waals surface area contributed by atoms with Crippen LogP contribution in [0.2, 0.25) is 0 Å². The van der Waals surface area contributed by atoms with Crippen molar-refractivity contribution < 1.29 is 19.0 Å². The number of para-hydroxylation sites is 2. The van der Waals surface area contributed by atoms with E-state index >= 15 is 0 Å². The highest BCUT2D eigenvalue weighted by molar-refractivity contribution is 5.70. The minimum Gasteiger partial charge on any atom is -0.451 e. The van der Waals surface area contributed by atoms with Crippen LogP contribution in [0, 0.1) is 0 Å². The Morgan fingerprint density at radius 2 is 1.47 bits per heavy atom. The normalized spacial score (nSPS) is 18.6. The number of nitrogens with one attached hydrogen (secondary N) is 1. The van der Waals surface area contributed by atoms with Gasteiger partial charge in [0.15, 0.2) is 0 Å². The first-order valence-corrected chi connectivity index (χ1v) is 12.0. The Bertz CT molecular complexity index is 894. The minimum absolute atomic E-state index is 0.0904. The van der Waals surface area contributed by atoms with Gasteiger partial charge in [-0.1, -0.05) is 36.4 Å². The molecule has 1 fully saturated rings. The summed E-state index contributed by atoms with van der Waals surface area (Å²) in [5.41, 5.74) is 2.39.